The Morgan fingerprint density at radius 2 is 2.04 bits per heavy atom. The van der Waals surface area contributed by atoms with E-state index in [1.54, 1.807) is 42.8 Å². The maximum absolute atomic E-state index is 12.8. The van der Waals surface area contributed by atoms with Crippen molar-refractivity contribution < 1.29 is 4.79 Å². The predicted molar refractivity (Wildman–Crippen MR) is 100 cm³/mol. The molecule has 3 aromatic rings. The third-order valence-electron chi connectivity index (χ3n) is 4.17. The Labute approximate surface area is 154 Å². The molecule has 1 atom stereocenters. The molecule has 7 nitrogen and oxygen atoms in total. The lowest BCUT2D eigenvalue weighted by Gasteiger charge is -2.24. The number of aryl methyl sites for hydroxylation is 2. The van der Waals surface area contributed by atoms with Crippen LogP contribution in [0.4, 0.5) is 0 Å². The minimum atomic E-state index is -0.490. The van der Waals surface area contributed by atoms with Crippen molar-refractivity contribution in [3.05, 3.63) is 62.1 Å². The van der Waals surface area contributed by atoms with Gasteiger partial charge in [0.1, 0.15) is 11.3 Å². The van der Waals surface area contributed by atoms with E-state index in [0.717, 1.165) is 15.6 Å². The van der Waals surface area contributed by atoms with Gasteiger partial charge in [0.05, 0.1) is 16.7 Å². The fraction of sp³-hybridized carbons (Fsp3) is 0.278. The van der Waals surface area contributed by atoms with Crippen molar-refractivity contribution in [2.45, 2.75) is 26.8 Å². The molecule has 26 heavy (non-hydrogen) atoms. The second-order valence-electron chi connectivity index (χ2n) is 5.96. The Morgan fingerprint density at radius 3 is 2.62 bits per heavy atom. The van der Waals surface area contributed by atoms with Gasteiger partial charge in [0.2, 0.25) is 0 Å². The van der Waals surface area contributed by atoms with Gasteiger partial charge in [0.25, 0.3) is 11.5 Å². The number of amides is 1. The Kier molecular flexibility index (Phi) is 4.94. The van der Waals surface area contributed by atoms with Gasteiger partial charge in [0, 0.05) is 24.3 Å². The number of hydrogen-bond donors (Lipinski definition) is 1. The first-order chi connectivity index (χ1) is 12.4. The summed E-state index contributed by atoms with van der Waals surface area (Å²) >= 11 is 1.59. The largest absolute Gasteiger partial charge is 0.333 e. The number of thiazole rings is 1. The van der Waals surface area contributed by atoms with E-state index in [2.05, 4.69) is 19.9 Å². The summed E-state index contributed by atoms with van der Waals surface area (Å²) in [5.41, 5.74) is 0.885. The third-order valence-corrected chi connectivity index (χ3v) is 5.08. The third kappa shape index (κ3) is 3.41. The Balaban J connectivity index is 1.87. The van der Waals surface area contributed by atoms with Crippen molar-refractivity contribution >= 4 is 17.2 Å². The average Bonchev–Trinajstić information content (AvgIpc) is 2.98. The molecule has 0 saturated carbocycles. The molecule has 0 aliphatic carbocycles. The average molecular weight is 369 g/mol. The van der Waals surface area contributed by atoms with Crippen LogP contribution in [0.2, 0.25) is 0 Å². The molecule has 8 heteroatoms. The lowest BCUT2D eigenvalue weighted by Crippen LogP contribution is -2.34. The number of nitrogens with zero attached hydrogens (tertiary/aromatic N) is 4. The highest BCUT2D eigenvalue weighted by atomic mass is 32.1. The summed E-state index contributed by atoms with van der Waals surface area (Å²) in [4.78, 5) is 43.2. The maximum Gasteiger partial charge on any atom is 0.264 e. The van der Waals surface area contributed by atoms with Crippen LogP contribution in [0.3, 0.4) is 0 Å². The zero-order valence-corrected chi connectivity index (χ0v) is 15.8. The molecule has 0 spiro atoms. The summed E-state index contributed by atoms with van der Waals surface area (Å²) in [6, 6.07) is 5.07. The van der Waals surface area contributed by atoms with Gasteiger partial charge in [-0.05, 0) is 32.9 Å². The molecule has 3 aromatic heterocycles. The van der Waals surface area contributed by atoms with E-state index in [1.807, 2.05) is 20.8 Å². The number of rotatable bonds is 4. The van der Waals surface area contributed by atoms with Gasteiger partial charge in [-0.3, -0.25) is 14.6 Å². The van der Waals surface area contributed by atoms with Gasteiger partial charge in [0.15, 0.2) is 5.82 Å². The topological polar surface area (TPSA) is 91.8 Å². The monoisotopic (exact) mass is 369 g/mol. The van der Waals surface area contributed by atoms with Crippen molar-refractivity contribution in [2.24, 2.45) is 0 Å². The van der Waals surface area contributed by atoms with Crippen LogP contribution in [0.15, 0.2) is 35.4 Å². The minimum absolute atomic E-state index is 0.0105. The Bertz CT molecular complexity index is 996. The molecular formula is C18H19N5O2S. The molecule has 0 aliphatic rings. The second kappa shape index (κ2) is 7.17. The SMILES string of the molecule is Cc1nc([C@H](C)N(C)C(=O)c2cnc(-c3ccccn3)[nH]c2=O)c(C)s1. The normalized spacial score (nSPS) is 12.0. The summed E-state index contributed by atoms with van der Waals surface area (Å²) < 4.78 is 0. The van der Waals surface area contributed by atoms with E-state index < -0.39 is 11.5 Å². The lowest BCUT2D eigenvalue weighted by molar-refractivity contribution is 0.0737. The van der Waals surface area contributed by atoms with Gasteiger partial charge in [-0.15, -0.1) is 11.3 Å². The van der Waals surface area contributed by atoms with Crippen LogP contribution in [0, 0.1) is 13.8 Å². The van der Waals surface area contributed by atoms with Crippen molar-refractivity contribution in [3.8, 4) is 11.5 Å². The van der Waals surface area contributed by atoms with Crippen molar-refractivity contribution in [1.29, 1.82) is 0 Å². The summed E-state index contributed by atoms with van der Waals surface area (Å²) in [7, 11) is 1.66. The molecule has 134 valence electrons. The van der Waals surface area contributed by atoms with Crippen LogP contribution < -0.4 is 5.56 Å². The molecule has 0 radical (unpaired) electrons. The van der Waals surface area contributed by atoms with Crippen LogP contribution in [0.5, 0.6) is 0 Å². The number of carbonyl (C=O) groups is 1. The Hall–Kier alpha value is -2.87. The van der Waals surface area contributed by atoms with Crippen LogP contribution >= 0.6 is 11.3 Å². The van der Waals surface area contributed by atoms with Crippen LogP contribution in [0.1, 0.15) is 38.9 Å². The zero-order chi connectivity index (χ0) is 18.8. The number of aromatic nitrogens is 4. The van der Waals surface area contributed by atoms with Gasteiger partial charge in [-0.1, -0.05) is 6.07 Å². The molecule has 0 bridgehead atoms. The smallest absolute Gasteiger partial charge is 0.264 e. The summed E-state index contributed by atoms with van der Waals surface area (Å²) in [6.45, 7) is 5.80. The molecule has 1 amide bonds. The van der Waals surface area contributed by atoms with Gasteiger partial charge in [-0.25, -0.2) is 9.97 Å². The summed E-state index contributed by atoms with van der Waals surface area (Å²) in [5, 5.41) is 0.949. The van der Waals surface area contributed by atoms with Gasteiger partial charge < -0.3 is 9.88 Å². The van der Waals surface area contributed by atoms with E-state index in [4.69, 9.17) is 0 Å². The van der Waals surface area contributed by atoms with Crippen molar-refractivity contribution in [1.82, 2.24) is 24.8 Å². The summed E-state index contributed by atoms with van der Waals surface area (Å²) in [6.07, 6.45) is 2.91. The minimum Gasteiger partial charge on any atom is -0.333 e. The van der Waals surface area contributed by atoms with E-state index >= 15 is 0 Å². The van der Waals surface area contributed by atoms with E-state index in [9.17, 15) is 9.59 Å². The molecule has 1 N–H and O–H groups in total. The number of aromatic amines is 1. The van der Waals surface area contributed by atoms with Gasteiger partial charge >= 0.3 is 0 Å². The molecule has 0 saturated heterocycles. The fourth-order valence-corrected chi connectivity index (χ4v) is 3.57. The van der Waals surface area contributed by atoms with Crippen LogP contribution in [-0.2, 0) is 0 Å². The standard InChI is InChI=1S/C18H19N5O2S/c1-10(15-11(2)26-12(3)21-15)23(4)18(25)13-9-20-16(22-17(13)24)14-7-5-6-8-19-14/h5-10H,1-4H3,(H,20,22,24)/t10-/m0/s1. The highest BCUT2D eigenvalue weighted by Gasteiger charge is 2.25. The number of carbonyl (C=O) groups excluding carboxylic acids is 1. The lowest BCUT2D eigenvalue weighted by atomic mass is 10.1. The Morgan fingerprint density at radius 1 is 1.27 bits per heavy atom. The molecule has 0 aromatic carbocycles. The quantitative estimate of drug-likeness (QED) is 0.763. The number of hydrogen-bond acceptors (Lipinski definition) is 6. The number of H-pyrrole nitrogens is 1. The highest BCUT2D eigenvalue weighted by molar-refractivity contribution is 7.11. The summed E-state index contributed by atoms with van der Waals surface area (Å²) in [5.74, 6) is -0.0716. The number of pyridine rings is 1. The fourth-order valence-electron chi connectivity index (χ4n) is 2.66. The maximum atomic E-state index is 12.8. The van der Waals surface area contributed by atoms with E-state index in [0.29, 0.717) is 11.5 Å². The molecule has 3 heterocycles. The van der Waals surface area contributed by atoms with Crippen LogP contribution in [0.25, 0.3) is 11.5 Å². The molecular weight excluding hydrogens is 350 g/mol. The molecule has 3 rings (SSSR count). The number of nitrogens with one attached hydrogen (secondary N) is 1. The van der Waals surface area contributed by atoms with Crippen molar-refractivity contribution in [3.63, 3.8) is 0 Å². The molecule has 0 fully saturated rings. The van der Waals surface area contributed by atoms with E-state index in [-0.39, 0.29) is 11.6 Å². The van der Waals surface area contributed by atoms with Gasteiger partial charge in [-0.2, -0.15) is 0 Å². The van der Waals surface area contributed by atoms with Crippen molar-refractivity contribution in [2.75, 3.05) is 7.05 Å². The second-order valence-corrected chi connectivity index (χ2v) is 7.36. The molecule has 0 aliphatic heterocycles. The first-order valence-corrected chi connectivity index (χ1v) is 8.92. The first-order valence-electron chi connectivity index (χ1n) is 8.10. The zero-order valence-electron chi connectivity index (χ0n) is 15.0. The molecule has 0 unspecified atom stereocenters. The van der Waals surface area contributed by atoms with E-state index in [1.165, 1.54) is 11.1 Å². The first kappa shape index (κ1) is 17.9. The highest BCUT2D eigenvalue weighted by Crippen LogP contribution is 2.26. The predicted octanol–water partition coefficient (Wildman–Crippen LogP) is 2.74. The van der Waals surface area contributed by atoms with Crippen LogP contribution in [-0.4, -0.2) is 37.8 Å².